The Morgan fingerprint density at radius 3 is 2.73 bits per heavy atom. The van der Waals surface area contributed by atoms with Crippen LogP contribution in [0.15, 0.2) is 12.5 Å². The van der Waals surface area contributed by atoms with Gasteiger partial charge in [0, 0.05) is 0 Å². The number of rotatable bonds is 2. The first-order chi connectivity index (χ1) is 5.27. The quantitative estimate of drug-likeness (QED) is 0.437. The van der Waals surface area contributed by atoms with Gasteiger partial charge in [0.05, 0.1) is 14.2 Å². The summed E-state index contributed by atoms with van der Waals surface area (Å²) in [5.74, 6) is 0.629. The number of aromatic nitrogens is 2. The SMILES string of the molecule is COc1c[n+]([O-])cnc1OC. The van der Waals surface area contributed by atoms with Crippen molar-refractivity contribution in [3.63, 3.8) is 0 Å². The fourth-order valence-corrected chi connectivity index (χ4v) is 0.670. The van der Waals surface area contributed by atoms with Crippen molar-refractivity contribution in [1.29, 1.82) is 0 Å². The minimum atomic E-state index is 0.305. The molecule has 0 bridgehead atoms. The number of ether oxygens (including phenoxy) is 2. The molecule has 0 aliphatic carbocycles. The van der Waals surface area contributed by atoms with E-state index in [4.69, 9.17) is 9.47 Å². The van der Waals surface area contributed by atoms with Crippen molar-refractivity contribution in [3.05, 3.63) is 17.7 Å². The van der Waals surface area contributed by atoms with Gasteiger partial charge < -0.3 is 14.7 Å². The lowest BCUT2D eigenvalue weighted by molar-refractivity contribution is -0.609. The molecule has 0 aliphatic heterocycles. The van der Waals surface area contributed by atoms with Crippen molar-refractivity contribution < 1.29 is 14.2 Å². The molecule has 0 radical (unpaired) electrons. The van der Waals surface area contributed by atoms with Crippen LogP contribution in [-0.4, -0.2) is 19.2 Å². The van der Waals surface area contributed by atoms with Crippen LogP contribution in [0.1, 0.15) is 0 Å². The van der Waals surface area contributed by atoms with Gasteiger partial charge in [0.1, 0.15) is 6.20 Å². The maximum Gasteiger partial charge on any atom is 0.374 e. The number of methoxy groups -OCH3 is 2. The Morgan fingerprint density at radius 1 is 1.45 bits per heavy atom. The van der Waals surface area contributed by atoms with Crippen molar-refractivity contribution >= 4 is 0 Å². The van der Waals surface area contributed by atoms with Crippen LogP contribution in [0.2, 0.25) is 0 Å². The molecule has 5 heteroatoms. The molecule has 0 aliphatic rings. The highest BCUT2D eigenvalue weighted by Gasteiger charge is 2.10. The van der Waals surface area contributed by atoms with E-state index in [2.05, 4.69) is 4.98 Å². The van der Waals surface area contributed by atoms with Crippen LogP contribution in [0.4, 0.5) is 0 Å². The Kier molecular flexibility index (Phi) is 2.10. The van der Waals surface area contributed by atoms with Gasteiger partial charge in [0.15, 0.2) is 0 Å². The topological polar surface area (TPSA) is 58.3 Å². The minimum absolute atomic E-state index is 0.305. The standard InChI is InChI=1S/C6H8N2O3/c1-10-5-3-8(9)4-7-6(5)11-2/h3-4H,1-2H3. The molecule has 1 rings (SSSR count). The Labute approximate surface area is 63.8 Å². The van der Waals surface area contributed by atoms with Gasteiger partial charge in [-0.05, 0) is 4.98 Å². The van der Waals surface area contributed by atoms with E-state index in [1.165, 1.54) is 20.4 Å². The molecular weight excluding hydrogens is 148 g/mol. The van der Waals surface area contributed by atoms with E-state index in [1.54, 1.807) is 0 Å². The monoisotopic (exact) mass is 156 g/mol. The predicted molar refractivity (Wildman–Crippen MR) is 36.3 cm³/mol. The lowest BCUT2D eigenvalue weighted by Crippen LogP contribution is -2.25. The number of hydrogen-bond donors (Lipinski definition) is 0. The molecule has 1 heterocycles. The van der Waals surface area contributed by atoms with Gasteiger partial charge in [0.25, 0.3) is 6.33 Å². The van der Waals surface area contributed by atoms with Gasteiger partial charge in [-0.15, -0.1) is 0 Å². The molecule has 0 unspecified atom stereocenters. The van der Waals surface area contributed by atoms with Crippen LogP contribution in [0.3, 0.4) is 0 Å². The van der Waals surface area contributed by atoms with Crippen molar-refractivity contribution in [2.24, 2.45) is 0 Å². The first-order valence-corrected chi connectivity index (χ1v) is 2.94. The van der Waals surface area contributed by atoms with Crippen LogP contribution in [-0.2, 0) is 0 Å². The molecule has 1 aromatic rings. The van der Waals surface area contributed by atoms with E-state index in [0.29, 0.717) is 16.4 Å². The molecule has 11 heavy (non-hydrogen) atoms. The van der Waals surface area contributed by atoms with Crippen molar-refractivity contribution in [2.75, 3.05) is 14.2 Å². The van der Waals surface area contributed by atoms with Crippen LogP contribution >= 0.6 is 0 Å². The summed E-state index contributed by atoms with van der Waals surface area (Å²) in [6.45, 7) is 0. The molecular formula is C6H8N2O3. The van der Waals surface area contributed by atoms with Crippen LogP contribution in [0, 0.1) is 5.21 Å². The van der Waals surface area contributed by atoms with E-state index in [9.17, 15) is 5.21 Å². The zero-order chi connectivity index (χ0) is 8.27. The first-order valence-electron chi connectivity index (χ1n) is 2.94. The molecule has 0 spiro atoms. The van der Waals surface area contributed by atoms with E-state index < -0.39 is 0 Å². The zero-order valence-corrected chi connectivity index (χ0v) is 6.27. The predicted octanol–water partition coefficient (Wildman–Crippen LogP) is -0.268. The van der Waals surface area contributed by atoms with E-state index in [-0.39, 0.29) is 0 Å². The lowest BCUT2D eigenvalue weighted by atomic mass is 10.6. The molecule has 0 saturated carbocycles. The average Bonchev–Trinajstić information content (AvgIpc) is 2.04. The van der Waals surface area contributed by atoms with Gasteiger partial charge in [-0.1, -0.05) is 0 Å². The summed E-state index contributed by atoms with van der Waals surface area (Å²) in [6, 6.07) is 0. The van der Waals surface area contributed by atoms with Crippen molar-refractivity contribution in [3.8, 4) is 11.6 Å². The second-order valence-corrected chi connectivity index (χ2v) is 1.81. The second kappa shape index (κ2) is 3.05. The highest BCUT2D eigenvalue weighted by molar-refractivity contribution is 5.27. The summed E-state index contributed by atoms with van der Waals surface area (Å²) < 4.78 is 10.2. The van der Waals surface area contributed by atoms with Crippen LogP contribution < -0.4 is 14.2 Å². The largest absolute Gasteiger partial charge is 0.711 e. The molecule has 1 aromatic heterocycles. The van der Waals surface area contributed by atoms with Crippen LogP contribution in [0.25, 0.3) is 0 Å². The average molecular weight is 156 g/mol. The Hall–Kier alpha value is -1.52. The van der Waals surface area contributed by atoms with Gasteiger partial charge in [0.2, 0.25) is 5.75 Å². The summed E-state index contributed by atoms with van der Waals surface area (Å²) in [7, 11) is 2.90. The maximum atomic E-state index is 10.6. The number of hydrogen-bond acceptors (Lipinski definition) is 4. The van der Waals surface area contributed by atoms with Crippen molar-refractivity contribution in [1.82, 2.24) is 4.98 Å². The smallest absolute Gasteiger partial charge is 0.374 e. The van der Waals surface area contributed by atoms with Gasteiger partial charge in [-0.25, -0.2) is 4.73 Å². The molecule has 0 N–H and O–H groups in total. The first kappa shape index (κ1) is 7.59. The van der Waals surface area contributed by atoms with E-state index >= 15 is 0 Å². The third-order valence-electron chi connectivity index (χ3n) is 1.16. The zero-order valence-electron chi connectivity index (χ0n) is 6.27. The highest BCUT2D eigenvalue weighted by Crippen LogP contribution is 2.19. The third-order valence-corrected chi connectivity index (χ3v) is 1.16. The Morgan fingerprint density at radius 2 is 2.18 bits per heavy atom. The van der Waals surface area contributed by atoms with E-state index in [0.717, 1.165) is 6.33 Å². The fourth-order valence-electron chi connectivity index (χ4n) is 0.670. The summed E-state index contributed by atoms with van der Waals surface area (Å²) >= 11 is 0. The fraction of sp³-hybridized carbons (Fsp3) is 0.333. The molecule has 0 amide bonds. The molecule has 0 fully saturated rings. The summed E-state index contributed by atoms with van der Waals surface area (Å²) in [6.07, 6.45) is 2.34. The molecule has 5 nitrogen and oxygen atoms in total. The molecule has 0 saturated heterocycles. The van der Waals surface area contributed by atoms with Crippen molar-refractivity contribution in [2.45, 2.75) is 0 Å². The summed E-state index contributed by atoms with van der Waals surface area (Å²) in [5, 5.41) is 10.6. The van der Waals surface area contributed by atoms with Gasteiger partial charge in [-0.3, -0.25) is 0 Å². The molecule has 0 aromatic carbocycles. The maximum absolute atomic E-state index is 10.6. The molecule has 0 atom stereocenters. The summed E-state index contributed by atoms with van der Waals surface area (Å²) in [5.41, 5.74) is 0. The highest BCUT2D eigenvalue weighted by atomic mass is 16.5. The van der Waals surface area contributed by atoms with E-state index in [1.807, 2.05) is 0 Å². The summed E-state index contributed by atoms with van der Waals surface area (Å²) in [4.78, 5) is 3.67. The third kappa shape index (κ3) is 1.49. The van der Waals surface area contributed by atoms with Crippen LogP contribution in [0.5, 0.6) is 11.6 Å². The van der Waals surface area contributed by atoms with Gasteiger partial charge in [-0.2, -0.15) is 0 Å². The van der Waals surface area contributed by atoms with Gasteiger partial charge >= 0.3 is 5.88 Å². The normalized spacial score (nSPS) is 9.27. The second-order valence-electron chi connectivity index (χ2n) is 1.81. The Balaban J connectivity index is 3.06. The Bertz CT molecular complexity index is 252. The minimum Gasteiger partial charge on any atom is -0.711 e. The lowest BCUT2D eigenvalue weighted by Gasteiger charge is -2.03. The number of nitrogens with zero attached hydrogens (tertiary/aromatic N) is 2. The molecule has 60 valence electrons.